The van der Waals surface area contributed by atoms with Crippen LogP contribution in [0.15, 0.2) is 30.5 Å². The van der Waals surface area contributed by atoms with Crippen molar-refractivity contribution in [3.05, 3.63) is 36.2 Å². The van der Waals surface area contributed by atoms with Gasteiger partial charge >= 0.3 is 0 Å². The molecule has 0 radical (unpaired) electrons. The van der Waals surface area contributed by atoms with E-state index in [2.05, 4.69) is 43.7 Å². The average Bonchev–Trinajstić information content (AvgIpc) is 2.94. The molecule has 1 aromatic carbocycles. The minimum atomic E-state index is 0.536. The number of hydrogen-bond acceptors (Lipinski definition) is 6. The van der Waals surface area contributed by atoms with Gasteiger partial charge in [-0.3, -0.25) is 5.10 Å². The monoisotopic (exact) mass is 337 g/mol. The molecule has 3 N–H and O–H groups in total. The number of nitrogens with one attached hydrogen (secondary N) is 3. The Labute approximate surface area is 146 Å². The zero-order valence-corrected chi connectivity index (χ0v) is 14.6. The highest BCUT2D eigenvalue weighted by atomic mass is 15.3. The summed E-state index contributed by atoms with van der Waals surface area (Å²) in [4.78, 5) is 11.6. The molecule has 7 nitrogen and oxygen atoms in total. The first kappa shape index (κ1) is 15.8. The molecule has 2 aromatic heterocycles. The molecule has 4 rings (SSSR count). The fourth-order valence-corrected chi connectivity index (χ4v) is 3.14. The summed E-state index contributed by atoms with van der Waals surface area (Å²) in [7, 11) is 0. The molecule has 130 valence electrons. The molecule has 0 amide bonds. The Morgan fingerprint density at radius 1 is 1.20 bits per heavy atom. The fourth-order valence-electron chi connectivity index (χ4n) is 3.14. The Morgan fingerprint density at radius 2 is 2.12 bits per heavy atom. The Balaban J connectivity index is 1.58. The summed E-state index contributed by atoms with van der Waals surface area (Å²) in [6, 6.07) is 8.61. The van der Waals surface area contributed by atoms with Crippen LogP contribution in [0.5, 0.6) is 0 Å². The van der Waals surface area contributed by atoms with Gasteiger partial charge in [0.1, 0.15) is 5.82 Å². The molecule has 0 saturated carbocycles. The van der Waals surface area contributed by atoms with Crippen LogP contribution in [0.3, 0.4) is 0 Å². The van der Waals surface area contributed by atoms with E-state index in [0.29, 0.717) is 6.04 Å². The van der Waals surface area contributed by atoms with Crippen molar-refractivity contribution in [1.82, 2.24) is 25.5 Å². The largest absolute Gasteiger partial charge is 0.340 e. The topological polar surface area (TPSA) is 81.8 Å². The Morgan fingerprint density at radius 3 is 3.04 bits per heavy atom. The maximum atomic E-state index is 4.74. The number of fused-ring (bicyclic) bond motifs is 1. The van der Waals surface area contributed by atoms with Crippen molar-refractivity contribution >= 4 is 28.4 Å². The van der Waals surface area contributed by atoms with Crippen LogP contribution in [0.25, 0.3) is 10.9 Å². The first-order valence-corrected chi connectivity index (χ1v) is 8.71. The van der Waals surface area contributed by atoms with Gasteiger partial charge in [-0.1, -0.05) is 0 Å². The van der Waals surface area contributed by atoms with Gasteiger partial charge < -0.3 is 15.5 Å². The molecule has 1 aliphatic heterocycles. The standard InChI is InChI=1S/C18H23N7/c1-12-5-7-25(8-6-19-12)18-21-13(2)9-17(23-18)22-15-3-4-16-14(10-15)11-20-24-16/h3-4,9-12,19H,5-8H2,1-2H3,(H,20,24)(H,21,22,23). The summed E-state index contributed by atoms with van der Waals surface area (Å²) in [5.74, 6) is 1.61. The van der Waals surface area contributed by atoms with Gasteiger partial charge in [0.05, 0.1) is 11.7 Å². The quantitative estimate of drug-likeness (QED) is 0.681. The lowest BCUT2D eigenvalue weighted by Crippen LogP contribution is -2.30. The summed E-state index contributed by atoms with van der Waals surface area (Å²) >= 11 is 0. The van der Waals surface area contributed by atoms with Gasteiger partial charge in [-0.05, 0) is 38.5 Å². The lowest BCUT2D eigenvalue weighted by atomic mass is 10.2. The number of hydrogen-bond donors (Lipinski definition) is 3. The molecular weight excluding hydrogens is 314 g/mol. The highest BCUT2D eigenvalue weighted by Crippen LogP contribution is 2.22. The molecule has 1 unspecified atom stereocenters. The lowest BCUT2D eigenvalue weighted by molar-refractivity contribution is 0.566. The number of benzene rings is 1. The van der Waals surface area contributed by atoms with Crippen molar-refractivity contribution in [3.63, 3.8) is 0 Å². The zero-order chi connectivity index (χ0) is 17.2. The second kappa shape index (κ2) is 6.68. The number of aryl methyl sites for hydroxylation is 1. The Hall–Kier alpha value is -2.67. The van der Waals surface area contributed by atoms with Crippen LogP contribution in [0.2, 0.25) is 0 Å². The number of aromatic nitrogens is 4. The van der Waals surface area contributed by atoms with Crippen LogP contribution in [0.1, 0.15) is 19.0 Å². The van der Waals surface area contributed by atoms with Crippen molar-refractivity contribution in [2.24, 2.45) is 0 Å². The normalized spacial score (nSPS) is 18.3. The molecule has 1 saturated heterocycles. The van der Waals surface area contributed by atoms with E-state index >= 15 is 0 Å². The van der Waals surface area contributed by atoms with E-state index in [-0.39, 0.29) is 0 Å². The van der Waals surface area contributed by atoms with Gasteiger partial charge in [-0.15, -0.1) is 0 Å². The first-order chi connectivity index (χ1) is 12.2. The fraction of sp³-hybridized carbons (Fsp3) is 0.389. The highest BCUT2D eigenvalue weighted by molar-refractivity contribution is 5.82. The Bertz CT molecular complexity index is 873. The summed E-state index contributed by atoms with van der Waals surface area (Å²) in [6.45, 7) is 7.08. The number of nitrogens with zero attached hydrogens (tertiary/aromatic N) is 4. The van der Waals surface area contributed by atoms with Crippen molar-refractivity contribution in [2.45, 2.75) is 26.3 Å². The van der Waals surface area contributed by atoms with Gasteiger partial charge in [0.2, 0.25) is 5.95 Å². The van der Waals surface area contributed by atoms with E-state index in [1.54, 1.807) is 0 Å². The van der Waals surface area contributed by atoms with Crippen LogP contribution < -0.4 is 15.5 Å². The second-order valence-corrected chi connectivity index (χ2v) is 6.62. The molecular formula is C18H23N7. The van der Waals surface area contributed by atoms with Crippen LogP contribution in [0, 0.1) is 6.92 Å². The third-order valence-corrected chi connectivity index (χ3v) is 4.54. The van der Waals surface area contributed by atoms with Crippen molar-refractivity contribution in [2.75, 3.05) is 29.9 Å². The molecule has 1 aliphatic rings. The molecule has 0 bridgehead atoms. The van der Waals surface area contributed by atoms with Crippen molar-refractivity contribution in [1.29, 1.82) is 0 Å². The third-order valence-electron chi connectivity index (χ3n) is 4.54. The van der Waals surface area contributed by atoms with E-state index in [0.717, 1.165) is 60.1 Å². The van der Waals surface area contributed by atoms with Crippen LogP contribution in [-0.2, 0) is 0 Å². The molecule has 3 heterocycles. The molecule has 1 atom stereocenters. The van der Waals surface area contributed by atoms with E-state index in [4.69, 9.17) is 4.98 Å². The van der Waals surface area contributed by atoms with E-state index in [1.165, 1.54) is 0 Å². The minimum absolute atomic E-state index is 0.536. The summed E-state index contributed by atoms with van der Waals surface area (Å²) in [6.07, 6.45) is 2.92. The molecule has 0 aliphatic carbocycles. The molecule has 0 spiro atoms. The van der Waals surface area contributed by atoms with Crippen LogP contribution in [0.4, 0.5) is 17.5 Å². The highest BCUT2D eigenvalue weighted by Gasteiger charge is 2.16. The zero-order valence-electron chi connectivity index (χ0n) is 14.6. The summed E-state index contributed by atoms with van der Waals surface area (Å²) < 4.78 is 0. The van der Waals surface area contributed by atoms with Crippen LogP contribution in [-0.4, -0.2) is 45.8 Å². The van der Waals surface area contributed by atoms with E-state index in [1.807, 2.05) is 31.3 Å². The first-order valence-electron chi connectivity index (χ1n) is 8.71. The minimum Gasteiger partial charge on any atom is -0.340 e. The molecule has 1 fully saturated rings. The number of rotatable bonds is 3. The number of H-pyrrole nitrogens is 1. The van der Waals surface area contributed by atoms with Crippen LogP contribution >= 0.6 is 0 Å². The number of anilines is 3. The maximum absolute atomic E-state index is 4.74. The van der Waals surface area contributed by atoms with Gasteiger partial charge in [0.25, 0.3) is 0 Å². The predicted octanol–water partition coefficient (Wildman–Crippen LogP) is 2.59. The van der Waals surface area contributed by atoms with Gasteiger partial charge in [0.15, 0.2) is 0 Å². The third kappa shape index (κ3) is 3.56. The smallest absolute Gasteiger partial charge is 0.227 e. The SMILES string of the molecule is Cc1cc(Nc2ccc3[nH]ncc3c2)nc(N2CCNC(C)CC2)n1. The van der Waals surface area contributed by atoms with Crippen molar-refractivity contribution < 1.29 is 0 Å². The van der Waals surface area contributed by atoms with Gasteiger partial charge in [-0.25, -0.2) is 4.98 Å². The Kier molecular flexibility index (Phi) is 4.23. The predicted molar refractivity (Wildman–Crippen MR) is 100 cm³/mol. The molecule has 25 heavy (non-hydrogen) atoms. The maximum Gasteiger partial charge on any atom is 0.227 e. The van der Waals surface area contributed by atoms with Gasteiger partial charge in [-0.2, -0.15) is 10.1 Å². The lowest BCUT2D eigenvalue weighted by Gasteiger charge is -2.21. The van der Waals surface area contributed by atoms with Gasteiger partial charge in [0, 0.05) is 48.5 Å². The van der Waals surface area contributed by atoms with Crippen molar-refractivity contribution in [3.8, 4) is 0 Å². The van der Waals surface area contributed by atoms with E-state index < -0.39 is 0 Å². The summed E-state index contributed by atoms with van der Waals surface area (Å²) in [5.41, 5.74) is 2.97. The molecule has 3 aromatic rings. The van der Waals surface area contributed by atoms with E-state index in [9.17, 15) is 0 Å². The summed E-state index contributed by atoms with van der Waals surface area (Å²) in [5, 5.41) is 15.0. The average molecular weight is 337 g/mol. The molecule has 7 heteroatoms. The second-order valence-electron chi connectivity index (χ2n) is 6.62. The number of aromatic amines is 1.